The van der Waals surface area contributed by atoms with Crippen molar-refractivity contribution in [1.82, 2.24) is 5.48 Å². The third kappa shape index (κ3) is 2.72. The topological polar surface area (TPSA) is 130 Å². The highest BCUT2D eigenvalue weighted by molar-refractivity contribution is 5.79. The molecule has 0 fully saturated rings. The zero-order valence-electron chi connectivity index (χ0n) is 6.08. The molecule has 3 atom stereocenters. The first-order valence-electron chi connectivity index (χ1n) is 3.13. The number of rotatable bonds is 4. The van der Waals surface area contributed by atoms with Gasteiger partial charge >= 0.3 is 0 Å². The molecule has 6 N–H and O–H groups in total. The van der Waals surface area contributed by atoms with E-state index in [-0.39, 0.29) is 0 Å². The Hall–Kier alpha value is -0.730. The number of carbonyl (C=O) groups excluding carboxylic acids is 1. The molecule has 12 heavy (non-hydrogen) atoms. The molecule has 0 spiro atoms. The lowest BCUT2D eigenvalue weighted by atomic mass is 10.1. The van der Waals surface area contributed by atoms with Crippen LogP contribution in [0.5, 0.6) is 0 Å². The summed E-state index contributed by atoms with van der Waals surface area (Å²) in [5.74, 6) is -1.25. The SMILES string of the molecule is O=C(NO)[C@H](O)[C@H](O)[C@H](O)CO. The van der Waals surface area contributed by atoms with Crippen LogP contribution in [0.15, 0.2) is 0 Å². The highest BCUT2D eigenvalue weighted by Gasteiger charge is 2.29. The Morgan fingerprint density at radius 3 is 2.17 bits per heavy atom. The maximum Gasteiger partial charge on any atom is 0.274 e. The average Bonchev–Trinajstić information content (AvgIpc) is 2.12. The lowest BCUT2D eigenvalue weighted by Gasteiger charge is -2.19. The van der Waals surface area contributed by atoms with Gasteiger partial charge in [0, 0.05) is 0 Å². The fraction of sp³-hybridized carbons (Fsp3) is 0.800. The molecule has 0 aromatic rings. The molecule has 0 saturated heterocycles. The normalized spacial score (nSPS) is 18.1. The third-order valence-corrected chi connectivity index (χ3v) is 1.28. The number of carbonyl (C=O) groups is 1. The van der Waals surface area contributed by atoms with Gasteiger partial charge in [0.1, 0.15) is 12.2 Å². The van der Waals surface area contributed by atoms with Crippen LogP contribution in [0.2, 0.25) is 0 Å². The maximum atomic E-state index is 10.4. The van der Waals surface area contributed by atoms with Crippen LogP contribution < -0.4 is 5.48 Å². The molecule has 0 saturated carbocycles. The molecule has 7 nitrogen and oxygen atoms in total. The number of hydroxylamine groups is 1. The third-order valence-electron chi connectivity index (χ3n) is 1.28. The summed E-state index contributed by atoms with van der Waals surface area (Å²) in [6, 6.07) is 0. The minimum absolute atomic E-state index is 0.795. The van der Waals surface area contributed by atoms with Gasteiger partial charge in [0.05, 0.1) is 6.61 Å². The van der Waals surface area contributed by atoms with E-state index < -0.39 is 30.8 Å². The van der Waals surface area contributed by atoms with Crippen molar-refractivity contribution in [3.8, 4) is 0 Å². The molecule has 72 valence electrons. The van der Waals surface area contributed by atoms with Crippen LogP contribution >= 0.6 is 0 Å². The van der Waals surface area contributed by atoms with Gasteiger partial charge in [0.25, 0.3) is 5.91 Å². The van der Waals surface area contributed by atoms with Gasteiger partial charge in [-0.25, -0.2) is 5.48 Å². The van der Waals surface area contributed by atoms with Crippen LogP contribution in [-0.4, -0.2) is 56.5 Å². The summed E-state index contributed by atoms with van der Waals surface area (Å²) in [4.78, 5) is 10.4. The number of amides is 1. The van der Waals surface area contributed by atoms with Crippen molar-refractivity contribution in [2.45, 2.75) is 18.3 Å². The first-order valence-corrected chi connectivity index (χ1v) is 3.13. The summed E-state index contributed by atoms with van der Waals surface area (Å²) in [5, 5.41) is 42.7. The first-order chi connectivity index (χ1) is 5.54. The van der Waals surface area contributed by atoms with Gasteiger partial charge in [0.15, 0.2) is 6.10 Å². The number of nitrogens with one attached hydrogen (secondary N) is 1. The highest BCUT2D eigenvalue weighted by Crippen LogP contribution is 1.99. The number of aliphatic hydroxyl groups is 4. The molecule has 0 heterocycles. The Bertz CT molecular complexity index is 151. The Balaban J connectivity index is 4.08. The summed E-state index contributed by atoms with van der Waals surface area (Å²) >= 11 is 0. The van der Waals surface area contributed by atoms with Crippen molar-refractivity contribution in [1.29, 1.82) is 0 Å². The predicted molar refractivity (Wildman–Crippen MR) is 35.0 cm³/mol. The number of hydrogen-bond donors (Lipinski definition) is 6. The van der Waals surface area contributed by atoms with E-state index in [9.17, 15) is 4.79 Å². The summed E-state index contributed by atoms with van der Waals surface area (Å²) < 4.78 is 0. The van der Waals surface area contributed by atoms with Crippen molar-refractivity contribution >= 4 is 5.91 Å². The van der Waals surface area contributed by atoms with Gasteiger partial charge in [-0.05, 0) is 0 Å². The molecule has 0 aliphatic carbocycles. The minimum atomic E-state index is -1.97. The van der Waals surface area contributed by atoms with E-state index in [0.29, 0.717) is 0 Å². The standard InChI is InChI=1S/C5H11NO6/c7-1-2(8)3(9)4(10)5(11)6-12/h2-4,7-10,12H,1H2,(H,6,11)/t2-,3-,4-/m1/s1. The smallest absolute Gasteiger partial charge is 0.274 e. The maximum absolute atomic E-state index is 10.4. The zero-order chi connectivity index (χ0) is 9.72. The molecule has 0 bridgehead atoms. The largest absolute Gasteiger partial charge is 0.394 e. The molecule has 0 radical (unpaired) electrons. The van der Waals surface area contributed by atoms with Gasteiger partial charge in [-0.15, -0.1) is 0 Å². The number of aliphatic hydroxyl groups excluding tert-OH is 4. The molecule has 7 heteroatoms. The van der Waals surface area contributed by atoms with E-state index in [1.807, 2.05) is 0 Å². The molecule has 0 aromatic carbocycles. The van der Waals surface area contributed by atoms with E-state index in [1.165, 1.54) is 0 Å². The predicted octanol–water partition coefficient (Wildman–Crippen LogP) is -3.43. The van der Waals surface area contributed by atoms with Crippen molar-refractivity contribution in [3.05, 3.63) is 0 Å². The molecule has 0 aliphatic rings. The lowest BCUT2D eigenvalue weighted by molar-refractivity contribution is -0.150. The van der Waals surface area contributed by atoms with Crippen LogP contribution in [0.4, 0.5) is 0 Å². The van der Waals surface area contributed by atoms with Gasteiger partial charge in [-0.3, -0.25) is 10.0 Å². The van der Waals surface area contributed by atoms with Crippen LogP contribution in [0.1, 0.15) is 0 Å². The van der Waals surface area contributed by atoms with Crippen molar-refractivity contribution in [2.24, 2.45) is 0 Å². The highest BCUT2D eigenvalue weighted by atomic mass is 16.5. The molecule has 0 rings (SSSR count). The van der Waals surface area contributed by atoms with E-state index in [0.717, 1.165) is 5.48 Å². The van der Waals surface area contributed by atoms with Gasteiger partial charge < -0.3 is 20.4 Å². The fourth-order valence-electron chi connectivity index (χ4n) is 0.540. The van der Waals surface area contributed by atoms with Gasteiger partial charge in [-0.1, -0.05) is 0 Å². The molecular weight excluding hydrogens is 170 g/mol. The average molecular weight is 181 g/mol. The van der Waals surface area contributed by atoms with Gasteiger partial charge in [-0.2, -0.15) is 0 Å². The first kappa shape index (κ1) is 11.3. The van der Waals surface area contributed by atoms with Crippen LogP contribution in [-0.2, 0) is 4.79 Å². The molecule has 0 aliphatic heterocycles. The number of hydrogen-bond acceptors (Lipinski definition) is 6. The zero-order valence-corrected chi connectivity index (χ0v) is 6.08. The Labute approximate surface area is 67.8 Å². The van der Waals surface area contributed by atoms with Crippen molar-refractivity contribution in [3.63, 3.8) is 0 Å². The van der Waals surface area contributed by atoms with E-state index in [1.54, 1.807) is 0 Å². The Morgan fingerprint density at radius 1 is 1.33 bits per heavy atom. The van der Waals surface area contributed by atoms with E-state index >= 15 is 0 Å². The summed E-state index contributed by atoms with van der Waals surface area (Å²) in [6.45, 7) is -0.795. The van der Waals surface area contributed by atoms with Crippen molar-refractivity contribution in [2.75, 3.05) is 6.61 Å². The van der Waals surface area contributed by atoms with Crippen LogP contribution in [0.3, 0.4) is 0 Å². The summed E-state index contributed by atoms with van der Waals surface area (Å²) in [5.41, 5.74) is 1.08. The second kappa shape index (κ2) is 5.01. The molecular formula is C5H11NO6. The fourth-order valence-corrected chi connectivity index (χ4v) is 0.540. The summed E-state index contributed by atoms with van der Waals surface area (Å²) in [6.07, 6.45) is -5.43. The molecule has 0 aromatic heterocycles. The lowest BCUT2D eigenvalue weighted by Crippen LogP contribution is -2.47. The Morgan fingerprint density at radius 2 is 1.83 bits per heavy atom. The Kier molecular flexibility index (Phi) is 4.71. The van der Waals surface area contributed by atoms with E-state index in [4.69, 9.17) is 25.6 Å². The molecule has 0 unspecified atom stereocenters. The van der Waals surface area contributed by atoms with Crippen LogP contribution in [0, 0.1) is 0 Å². The molecule has 1 amide bonds. The van der Waals surface area contributed by atoms with Gasteiger partial charge in [0.2, 0.25) is 0 Å². The minimum Gasteiger partial charge on any atom is -0.394 e. The second-order valence-corrected chi connectivity index (χ2v) is 2.16. The monoisotopic (exact) mass is 181 g/mol. The van der Waals surface area contributed by atoms with Crippen molar-refractivity contribution < 1.29 is 30.4 Å². The van der Waals surface area contributed by atoms with E-state index in [2.05, 4.69) is 0 Å². The summed E-state index contributed by atoms with van der Waals surface area (Å²) in [7, 11) is 0. The van der Waals surface area contributed by atoms with Crippen LogP contribution in [0.25, 0.3) is 0 Å². The second-order valence-electron chi connectivity index (χ2n) is 2.16. The quantitative estimate of drug-likeness (QED) is 0.198.